The number of nitrogens with two attached hydrogens (primary N) is 1. The third-order valence-corrected chi connectivity index (χ3v) is 3.96. The topological polar surface area (TPSA) is 29.3 Å². The van der Waals surface area contributed by atoms with Crippen molar-refractivity contribution in [1.82, 2.24) is 4.90 Å². The lowest BCUT2D eigenvalue weighted by Gasteiger charge is -2.29. The Kier molecular flexibility index (Phi) is 5.62. The second kappa shape index (κ2) is 6.49. The van der Waals surface area contributed by atoms with E-state index >= 15 is 0 Å². The van der Waals surface area contributed by atoms with E-state index in [0.29, 0.717) is 12.1 Å². The lowest BCUT2D eigenvalue weighted by Crippen LogP contribution is -2.43. The smallest absolute Gasteiger partial charge is 0.0196 e. The maximum Gasteiger partial charge on any atom is 0.0196 e. The monoisotopic (exact) mass is 212 g/mol. The zero-order valence-corrected chi connectivity index (χ0v) is 10.7. The second-order valence-electron chi connectivity index (χ2n) is 5.29. The highest BCUT2D eigenvalue weighted by Crippen LogP contribution is 2.27. The molecule has 0 aromatic rings. The van der Waals surface area contributed by atoms with Gasteiger partial charge < -0.3 is 10.6 Å². The predicted octanol–water partition coefficient (Wildman–Crippen LogP) is 2.62. The summed E-state index contributed by atoms with van der Waals surface area (Å²) in [5, 5.41) is 0. The van der Waals surface area contributed by atoms with Crippen LogP contribution in [0.15, 0.2) is 0 Å². The molecule has 0 bridgehead atoms. The first-order chi connectivity index (χ1) is 7.15. The molecule has 2 nitrogen and oxygen atoms in total. The Balaban J connectivity index is 2.26. The molecule has 0 amide bonds. The molecule has 2 unspecified atom stereocenters. The van der Waals surface area contributed by atoms with Crippen LogP contribution < -0.4 is 5.73 Å². The molecule has 15 heavy (non-hydrogen) atoms. The number of likely N-dealkylation sites (N-methyl/N-ethyl adjacent to an activating group) is 1. The van der Waals surface area contributed by atoms with Gasteiger partial charge in [0.25, 0.3) is 0 Å². The molecule has 0 spiro atoms. The fourth-order valence-electron chi connectivity index (χ4n) is 2.69. The average Bonchev–Trinajstić information content (AvgIpc) is 2.70. The Morgan fingerprint density at radius 2 is 1.93 bits per heavy atom. The number of hydrogen-bond acceptors (Lipinski definition) is 2. The summed E-state index contributed by atoms with van der Waals surface area (Å²) in [6.45, 7) is 5.64. The van der Waals surface area contributed by atoms with Gasteiger partial charge in [0.2, 0.25) is 0 Å². The summed E-state index contributed by atoms with van der Waals surface area (Å²) in [7, 11) is 2.22. The van der Waals surface area contributed by atoms with Gasteiger partial charge >= 0.3 is 0 Å². The van der Waals surface area contributed by atoms with E-state index in [4.69, 9.17) is 5.73 Å². The Bertz CT molecular complexity index is 164. The quantitative estimate of drug-likeness (QED) is 0.733. The highest BCUT2D eigenvalue weighted by Gasteiger charge is 2.23. The van der Waals surface area contributed by atoms with Gasteiger partial charge in [-0.2, -0.15) is 0 Å². The Morgan fingerprint density at radius 1 is 1.33 bits per heavy atom. The van der Waals surface area contributed by atoms with Gasteiger partial charge in [0.15, 0.2) is 0 Å². The maximum absolute atomic E-state index is 6.27. The van der Waals surface area contributed by atoms with E-state index in [1.165, 1.54) is 38.5 Å². The van der Waals surface area contributed by atoms with Crippen molar-refractivity contribution in [2.24, 2.45) is 11.7 Å². The van der Waals surface area contributed by atoms with Crippen LogP contribution in [0.4, 0.5) is 0 Å². The fourth-order valence-corrected chi connectivity index (χ4v) is 2.69. The highest BCUT2D eigenvalue weighted by molar-refractivity contribution is 4.81. The van der Waals surface area contributed by atoms with Crippen LogP contribution >= 0.6 is 0 Å². The predicted molar refractivity (Wildman–Crippen MR) is 66.9 cm³/mol. The minimum Gasteiger partial charge on any atom is -0.326 e. The van der Waals surface area contributed by atoms with Gasteiger partial charge in [-0.1, -0.05) is 26.2 Å². The molecule has 0 aromatic heterocycles. The largest absolute Gasteiger partial charge is 0.326 e. The first kappa shape index (κ1) is 13.0. The number of nitrogens with zero attached hydrogens (tertiary/aromatic N) is 1. The Hall–Kier alpha value is -0.0800. The maximum atomic E-state index is 6.27. The van der Waals surface area contributed by atoms with Gasteiger partial charge in [-0.15, -0.1) is 0 Å². The summed E-state index contributed by atoms with van der Waals surface area (Å²) in [5.74, 6) is 0.793. The van der Waals surface area contributed by atoms with Crippen LogP contribution in [0.2, 0.25) is 0 Å². The summed E-state index contributed by atoms with van der Waals surface area (Å²) in [6, 6.07) is 1.08. The second-order valence-corrected chi connectivity index (χ2v) is 5.29. The van der Waals surface area contributed by atoms with Crippen LogP contribution in [-0.4, -0.2) is 30.6 Å². The van der Waals surface area contributed by atoms with Gasteiger partial charge in [-0.25, -0.2) is 0 Å². The molecule has 1 saturated carbocycles. The minimum absolute atomic E-state index is 0.400. The van der Waals surface area contributed by atoms with Crippen molar-refractivity contribution >= 4 is 0 Å². The van der Waals surface area contributed by atoms with E-state index in [1.807, 2.05) is 0 Å². The van der Waals surface area contributed by atoms with Crippen molar-refractivity contribution in [3.05, 3.63) is 0 Å². The van der Waals surface area contributed by atoms with E-state index in [1.54, 1.807) is 0 Å². The van der Waals surface area contributed by atoms with Crippen LogP contribution in [-0.2, 0) is 0 Å². The van der Waals surface area contributed by atoms with Crippen LogP contribution in [0.1, 0.15) is 52.4 Å². The molecule has 1 rings (SSSR count). The Morgan fingerprint density at radius 3 is 2.47 bits per heavy atom. The van der Waals surface area contributed by atoms with E-state index < -0.39 is 0 Å². The van der Waals surface area contributed by atoms with Gasteiger partial charge in [-0.3, -0.25) is 0 Å². The molecule has 1 fully saturated rings. The zero-order valence-electron chi connectivity index (χ0n) is 10.7. The first-order valence-corrected chi connectivity index (χ1v) is 6.61. The highest BCUT2D eigenvalue weighted by atomic mass is 15.1. The van der Waals surface area contributed by atoms with Crippen LogP contribution in [0, 0.1) is 5.92 Å². The molecular weight excluding hydrogens is 184 g/mol. The molecule has 0 heterocycles. The van der Waals surface area contributed by atoms with Gasteiger partial charge in [0.05, 0.1) is 0 Å². The normalized spacial score (nSPS) is 22.2. The van der Waals surface area contributed by atoms with E-state index in [0.717, 1.165) is 12.5 Å². The lowest BCUT2D eigenvalue weighted by molar-refractivity contribution is 0.209. The van der Waals surface area contributed by atoms with Gasteiger partial charge in [0, 0.05) is 18.6 Å². The molecule has 2 heteroatoms. The van der Waals surface area contributed by atoms with Crippen LogP contribution in [0.25, 0.3) is 0 Å². The summed E-state index contributed by atoms with van der Waals surface area (Å²) in [5.41, 5.74) is 6.27. The SMILES string of the molecule is CCCC(C)N(C)CC(N)C1CCCC1. The van der Waals surface area contributed by atoms with Gasteiger partial charge in [-0.05, 0) is 39.2 Å². The standard InChI is InChI=1S/C13H28N2/c1-4-7-11(2)15(3)10-13(14)12-8-5-6-9-12/h11-13H,4-10,14H2,1-3H3. The molecule has 0 saturated heterocycles. The van der Waals surface area contributed by atoms with Crippen molar-refractivity contribution in [3.63, 3.8) is 0 Å². The van der Waals surface area contributed by atoms with Crippen molar-refractivity contribution < 1.29 is 0 Å². The summed E-state index contributed by atoms with van der Waals surface area (Å²) >= 11 is 0. The fraction of sp³-hybridized carbons (Fsp3) is 1.00. The molecule has 1 aliphatic rings. The average molecular weight is 212 g/mol. The summed E-state index contributed by atoms with van der Waals surface area (Å²) in [4.78, 5) is 2.44. The van der Waals surface area contributed by atoms with E-state index in [-0.39, 0.29) is 0 Å². The number of hydrogen-bond donors (Lipinski definition) is 1. The third kappa shape index (κ3) is 4.12. The van der Waals surface area contributed by atoms with Crippen molar-refractivity contribution in [1.29, 1.82) is 0 Å². The molecule has 2 N–H and O–H groups in total. The van der Waals surface area contributed by atoms with Crippen molar-refractivity contribution in [2.75, 3.05) is 13.6 Å². The van der Waals surface area contributed by atoms with Crippen molar-refractivity contribution in [2.45, 2.75) is 64.5 Å². The van der Waals surface area contributed by atoms with Crippen molar-refractivity contribution in [3.8, 4) is 0 Å². The molecular formula is C13H28N2. The molecule has 90 valence electrons. The molecule has 2 atom stereocenters. The molecule has 1 aliphatic carbocycles. The first-order valence-electron chi connectivity index (χ1n) is 6.61. The molecule has 0 aromatic carbocycles. The molecule has 0 radical (unpaired) electrons. The molecule has 0 aliphatic heterocycles. The Labute approximate surface area is 95.2 Å². The van der Waals surface area contributed by atoms with E-state index in [9.17, 15) is 0 Å². The van der Waals surface area contributed by atoms with E-state index in [2.05, 4.69) is 25.8 Å². The zero-order chi connectivity index (χ0) is 11.3. The summed E-state index contributed by atoms with van der Waals surface area (Å²) in [6.07, 6.45) is 8.06. The summed E-state index contributed by atoms with van der Waals surface area (Å²) < 4.78 is 0. The van der Waals surface area contributed by atoms with Gasteiger partial charge in [0.1, 0.15) is 0 Å². The van der Waals surface area contributed by atoms with Crippen LogP contribution in [0.3, 0.4) is 0 Å². The minimum atomic E-state index is 0.400. The third-order valence-electron chi connectivity index (χ3n) is 3.96. The lowest BCUT2D eigenvalue weighted by atomic mass is 9.98. The number of rotatable bonds is 6. The van der Waals surface area contributed by atoms with Crippen LogP contribution in [0.5, 0.6) is 0 Å².